The lowest BCUT2D eigenvalue weighted by Crippen LogP contribution is -2.48. The minimum absolute atomic E-state index is 0.178. The monoisotopic (exact) mass is 422 g/mol. The molecule has 0 aliphatic rings. The molecule has 2 aromatic carbocycles. The van der Waals surface area contributed by atoms with Crippen LogP contribution in [0.2, 0.25) is 0 Å². The third-order valence-corrected chi connectivity index (χ3v) is 4.38. The molecule has 1 atom stereocenters. The lowest BCUT2D eigenvalue weighted by Gasteiger charge is -2.28. The summed E-state index contributed by atoms with van der Waals surface area (Å²) in [5.41, 5.74) is 0.721. The molecule has 2 amide bonds. The summed E-state index contributed by atoms with van der Waals surface area (Å²) in [6, 6.07) is 12.2. The summed E-state index contributed by atoms with van der Waals surface area (Å²) >= 11 is 3.33. The largest absolute Gasteiger partial charge is 0.484 e. The molecular formula is C19H20BrFN2O3. The Labute approximate surface area is 160 Å². The van der Waals surface area contributed by atoms with Crippen LogP contribution >= 0.6 is 15.9 Å². The van der Waals surface area contributed by atoms with Gasteiger partial charge in [0.2, 0.25) is 5.91 Å². The first-order valence-electron chi connectivity index (χ1n) is 8.04. The Morgan fingerprint density at radius 2 is 1.77 bits per heavy atom. The van der Waals surface area contributed by atoms with Crippen molar-refractivity contribution in [3.8, 4) is 5.75 Å². The highest BCUT2D eigenvalue weighted by Gasteiger charge is 2.25. The van der Waals surface area contributed by atoms with Gasteiger partial charge in [0.1, 0.15) is 17.6 Å². The fraction of sp³-hybridized carbons (Fsp3) is 0.263. The summed E-state index contributed by atoms with van der Waals surface area (Å²) in [6.45, 7) is 1.61. The second-order valence-corrected chi connectivity index (χ2v) is 6.60. The molecule has 0 saturated heterocycles. The number of benzene rings is 2. The van der Waals surface area contributed by atoms with Crippen LogP contribution in [-0.4, -0.2) is 36.4 Å². The first-order chi connectivity index (χ1) is 12.4. The summed E-state index contributed by atoms with van der Waals surface area (Å²) < 4.78 is 19.5. The van der Waals surface area contributed by atoms with Crippen LogP contribution in [0.3, 0.4) is 0 Å². The number of ether oxygens (including phenoxy) is 1. The third-order valence-electron chi connectivity index (χ3n) is 3.86. The second kappa shape index (κ2) is 9.33. The molecule has 5 nitrogen and oxygen atoms in total. The third kappa shape index (κ3) is 5.56. The van der Waals surface area contributed by atoms with Gasteiger partial charge >= 0.3 is 0 Å². The average molecular weight is 423 g/mol. The molecule has 0 unspecified atom stereocenters. The van der Waals surface area contributed by atoms with Crippen molar-refractivity contribution in [2.45, 2.75) is 19.5 Å². The zero-order chi connectivity index (χ0) is 19.1. The Morgan fingerprint density at radius 3 is 2.35 bits per heavy atom. The number of amides is 2. The molecule has 1 N–H and O–H groups in total. The zero-order valence-electron chi connectivity index (χ0n) is 14.5. The summed E-state index contributed by atoms with van der Waals surface area (Å²) in [4.78, 5) is 26.1. The molecule has 0 aliphatic heterocycles. The van der Waals surface area contributed by atoms with Gasteiger partial charge in [-0.2, -0.15) is 0 Å². The maximum Gasteiger partial charge on any atom is 0.261 e. The van der Waals surface area contributed by atoms with E-state index in [-0.39, 0.29) is 30.8 Å². The van der Waals surface area contributed by atoms with Gasteiger partial charge in [0, 0.05) is 18.1 Å². The summed E-state index contributed by atoms with van der Waals surface area (Å²) in [7, 11) is 1.51. The quantitative estimate of drug-likeness (QED) is 0.745. The van der Waals surface area contributed by atoms with Gasteiger partial charge in [0.05, 0.1) is 0 Å². The van der Waals surface area contributed by atoms with Crippen LogP contribution in [0.15, 0.2) is 53.0 Å². The summed E-state index contributed by atoms with van der Waals surface area (Å²) in [5, 5.41) is 2.54. The molecule has 0 spiro atoms. The average Bonchev–Trinajstić information content (AvgIpc) is 2.65. The Bertz CT molecular complexity index is 750. The van der Waals surface area contributed by atoms with E-state index in [1.54, 1.807) is 31.2 Å². The zero-order valence-corrected chi connectivity index (χ0v) is 16.1. The minimum Gasteiger partial charge on any atom is -0.484 e. The topological polar surface area (TPSA) is 58.6 Å². The van der Waals surface area contributed by atoms with E-state index in [2.05, 4.69) is 21.2 Å². The maximum absolute atomic E-state index is 13.1. The fourth-order valence-electron chi connectivity index (χ4n) is 2.34. The van der Waals surface area contributed by atoms with E-state index < -0.39 is 6.04 Å². The smallest absolute Gasteiger partial charge is 0.261 e. The minimum atomic E-state index is -0.689. The predicted molar refractivity (Wildman–Crippen MR) is 100 cm³/mol. The Hall–Kier alpha value is -2.41. The first-order valence-corrected chi connectivity index (χ1v) is 8.84. The van der Waals surface area contributed by atoms with E-state index in [4.69, 9.17) is 4.74 Å². The van der Waals surface area contributed by atoms with Crippen molar-refractivity contribution in [3.63, 3.8) is 0 Å². The number of halogens is 2. The van der Waals surface area contributed by atoms with Gasteiger partial charge in [-0.3, -0.25) is 9.59 Å². The number of nitrogens with one attached hydrogen (secondary N) is 1. The summed E-state index contributed by atoms with van der Waals surface area (Å²) in [6.07, 6.45) is 0. The highest BCUT2D eigenvalue weighted by atomic mass is 79.9. The van der Waals surface area contributed by atoms with Crippen molar-refractivity contribution in [2.75, 3.05) is 13.7 Å². The molecule has 0 heterocycles. The van der Waals surface area contributed by atoms with Gasteiger partial charge in [0.25, 0.3) is 5.91 Å². The van der Waals surface area contributed by atoms with Crippen molar-refractivity contribution in [2.24, 2.45) is 0 Å². The van der Waals surface area contributed by atoms with Crippen LogP contribution in [0.5, 0.6) is 5.75 Å². The first kappa shape index (κ1) is 19.9. The van der Waals surface area contributed by atoms with E-state index in [1.807, 2.05) is 12.1 Å². The number of nitrogens with zero attached hydrogens (tertiary/aromatic N) is 1. The SMILES string of the molecule is CNC(=O)[C@@H](C)N(Cc1ccc(F)cc1)C(=O)COc1ccc(Br)cc1. The van der Waals surface area contributed by atoms with Crippen LogP contribution in [0.25, 0.3) is 0 Å². The molecule has 2 rings (SSSR count). The van der Waals surface area contributed by atoms with Gasteiger partial charge < -0.3 is 15.0 Å². The van der Waals surface area contributed by atoms with Gasteiger partial charge in [-0.1, -0.05) is 28.1 Å². The van der Waals surface area contributed by atoms with Crippen LogP contribution in [-0.2, 0) is 16.1 Å². The molecule has 0 radical (unpaired) electrons. The van der Waals surface area contributed by atoms with Gasteiger partial charge in [-0.05, 0) is 48.9 Å². The van der Waals surface area contributed by atoms with Gasteiger partial charge in [0.15, 0.2) is 6.61 Å². The van der Waals surface area contributed by atoms with E-state index in [0.29, 0.717) is 5.75 Å². The Kier molecular flexibility index (Phi) is 7.15. The van der Waals surface area contributed by atoms with Gasteiger partial charge in [-0.25, -0.2) is 4.39 Å². The Morgan fingerprint density at radius 1 is 1.15 bits per heavy atom. The van der Waals surface area contributed by atoms with Crippen LogP contribution in [0, 0.1) is 5.82 Å². The maximum atomic E-state index is 13.1. The normalized spacial score (nSPS) is 11.5. The highest BCUT2D eigenvalue weighted by molar-refractivity contribution is 9.10. The van der Waals surface area contributed by atoms with Crippen molar-refractivity contribution in [1.29, 1.82) is 0 Å². The van der Waals surface area contributed by atoms with Crippen molar-refractivity contribution < 1.29 is 18.7 Å². The summed E-state index contributed by atoms with van der Waals surface area (Å²) in [5.74, 6) is -0.433. The number of likely N-dealkylation sites (N-methyl/N-ethyl adjacent to an activating group) is 1. The Balaban J connectivity index is 2.10. The van der Waals surface area contributed by atoms with Crippen LogP contribution < -0.4 is 10.1 Å². The molecular weight excluding hydrogens is 403 g/mol. The van der Waals surface area contributed by atoms with E-state index >= 15 is 0 Å². The van der Waals surface area contributed by atoms with E-state index in [9.17, 15) is 14.0 Å². The molecule has 0 bridgehead atoms. The van der Waals surface area contributed by atoms with Crippen molar-refractivity contribution >= 4 is 27.7 Å². The van der Waals surface area contributed by atoms with E-state index in [1.165, 1.54) is 24.1 Å². The highest BCUT2D eigenvalue weighted by Crippen LogP contribution is 2.17. The van der Waals surface area contributed by atoms with Gasteiger partial charge in [-0.15, -0.1) is 0 Å². The van der Waals surface area contributed by atoms with Crippen molar-refractivity contribution in [3.05, 3.63) is 64.4 Å². The standard InChI is InChI=1S/C19H20BrFN2O3/c1-13(19(25)22-2)23(11-14-3-7-16(21)8-4-14)18(24)12-26-17-9-5-15(20)6-10-17/h3-10,13H,11-12H2,1-2H3,(H,22,25)/t13-/m1/s1. The molecule has 0 saturated carbocycles. The number of carbonyl (C=O) groups excluding carboxylic acids is 2. The molecule has 7 heteroatoms. The molecule has 2 aromatic rings. The predicted octanol–water partition coefficient (Wildman–Crippen LogP) is 3.13. The molecule has 0 fully saturated rings. The molecule has 0 aromatic heterocycles. The van der Waals surface area contributed by atoms with Crippen LogP contribution in [0.4, 0.5) is 4.39 Å². The number of rotatable bonds is 7. The number of hydrogen-bond donors (Lipinski definition) is 1. The fourth-order valence-corrected chi connectivity index (χ4v) is 2.60. The van der Waals surface area contributed by atoms with Crippen LogP contribution in [0.1, 0.15) is 12.5 Å². The number of hydrogen-bond acceptors (Lipinski definition) is 3. The molecule has 138 valence electrons. The van der Waals surface area contributed by atoms with E-state index in [0.717, 1.165) is 10.0 Å². The molecule has 0 aliphatic carbocycles. The van der Waals surface area contributed by atoms with Crippen molar-refractivity contribution in [1.82, 2.24) is 10.2 Å². The lowest BCUT2D eigenvalue weighted by atomic mass is 10.1. The number of carbonyl (C=O) groups is 2. The lowest BCUT2D eigenvalue weighted by molar-refractivity contribution is -0.142. The second-order valence-electron chi connectivity index (χ2n) is 5.68. The molecule has 26 heavy (non-hydrogen) atoms.